The summed E-state index contributed by atoms with van der Waals surface area (Å²) in [6, 6.07) is 11.6. The Labute approximate surface area is 176 Å². The topological polar surface area (TPSA) is 73.7 Å². The van der Waals surface area contributed by atoms with Crippen molar-refractivity contribution in [2.24, 2.45) is 0 Å². The number of hydrogen-bond acceptors (Lipinski definition) is 4. The van der Waals surface area contributed by atoms with Crippen LogP contribution in [0.3, 0.4) is 0 Å². The van der Waals surface area contributed by atoms with Crippen LogP contribution in [0.4, 0.5) is 0 Å². The number of furan rings is 1. The first-order valence-electron chi connectivity index (χ1n) is 10.5. The molecule has 4 rings (SSSR count). The van der Waals surface area contributed by atoms with Gasteiger partial charge in [-0.3, -0.25) is 4.79 Å². The van der Waals surface area contributed by atoms with Crippen LogP contribution in [0.25, 0.3) is 17.1 Å². The van der Waals surface area contributed by atoms with Crippen LogP contribution in [0, 0.1) is 13.8 Å². The van der Waals surface area contributed by atoms with Crippen LogP contribution in [0.2, 0.25) is 0 Å². The third-order valence-corrected chi connectivity index (χ3v) is 5.50. The number of hydrogen-bond donors (Lipinski definition) is 2. The number of nitrogens with one attached hydrogen (secondary N) is 2. The lowest BCUT2D eigenvalue weighted by Crippen LogP contribution is -3.14. The number of nitrogens with zero attached hydrogens (tertiary/aromatic N) is 2. The smallest absolute Gasteiger partial charge is 0.270 e. The van der Waals surface area contributed by atoms with Crippen molar-refractivity contribution in [3.8, 4) is 17.1 Å². The molecular weight excluding hydrogens is 380 g/mol. The minimum atomic E-state index is -0.127. The zero-order valence-corrected chi connectivity index (χ0v) is 17.6. The molecule has 2 N–H and O–H groups in total. The fraction of sp³-hybridized carbons (Fsp3) is 0.391. The second-order valence-electron chi connectivity index (χ2n) is 7.82. The Hall–Kier alpha value is -2.90. The maximum Gasteiger partial charge on any atom is 0.270 e. The van der Waals surface area contributed by atoms with Crippen molar-refractivity contribution in [3.05, 3.63) is 59.5 Å². The molecule has 0 bridgehead atoms. The zero-order valence-electron chi connectivity index (χ0n) is 17.6. The average Bonchev–Trinajstić information content (AvgIpc) is 3.43. The van der Waals surface area contributed by atoms with Crippen LogP contribution in [-0.4, -0.2) is 55.1 Å². The Morgan fingerprint density at radius 3 is 2.80 bits per heavy atom. The Balaban J connectivity index is 1.52. The summed E-state index contributed by atoms with van der Waals surface area (Å²) in [6.07, 6.45) is 2.55. The summed E-state index contributed by atoms with van der Waals surface area (Å²) in [7, 11) is 0. The van der Waals surface area contributed by atoms with Crippen LogP contribution in [0.15, 0.2) is 47.1 Å². The Bertz CT molecular complexity index is 988. The third kappa shape index (κ3) is 4.63. The van der Waals surface area contributed by atoms with Crippen molar-refractivity contribution >= 4 is 5.91 Å². The second-order valence-corrected chi connectivity index (χ2v) is 7.82. The largest absolute Gasteiger partial charge is 0.463 e. The number of ether oxygens (including phenoxy) is 1. The molecule has 1 aromatic carbocycles. The Kier molecular flexibility index (Phi) is 6.30. The molecule has 3 aromatic rings. The first-order chi connectivity index (χ1) is 14.6. The lowest BCUT2D eigenvalue weighted by molar-refractivity contribution is -0.908. The summed E-state index contributed by atoms with van der Waals surface area (Å²) in [5, 5.41) is 7.76. The summed E-state index contributed by atoms with van der Waals surface area (Å²) < 4.78 is 12.6. The molecule has 0 saturated carbocycles. The normalized spacial score (nSPS) is 14.7. The first kappa shape index (κ1) is 20.4. The molecule has 0 radical (unpaired) electrons. The van der Waals surface area contributed by atoms with Crippen LogP contribution < -0.4 is 10.2 Å². The fourth-order valence-electron chi connectivity index (χ4n) is 3.76. The Morgan fingerprint density at radius 1 is 1.20 bits per heavy atom. The minimum absolute atomic E-state index is 0.127. The molecule has 1 amide bonds. The second kappa shape index (κ2) is 9.28. The van der Waals surface area contributed by atoms with E-state index in [1.807, 2.05) is 38.1 Å². The molecule has 7 heteroatoms. The maximum absolute atomic E-state index is 13.0. The SMILES string of the molecule is Cc1ccc(C)c(-n2nc(-c3ccco3)cc2C(=O)NCCC[NH+]2CCOCC2)c1. The van der Waals surface area contributed by atoms with Crippen molar-refractivity contribution in [3.63, 3.8) is 0 Å². The van der Waals surface area contributed by atoms with E-state index in [1.54, 1.807) is 17.0 Å². The van der Waals surface area contributed by atoms with E-state index in [0.717, 1.165) is 56.1 Å². The van der Waals surface area contributed by atoms with E-state index in [-0.39, 0.29) is 5.91 Å². The summed E-state index contributed by atoms with van der Waals surface area (Å²) >= 11 is 0. The monoisotopic (exact) mass is 409 g/mol. The van der Waals surface area contributed by atoms with E-state index < -0.39 is 0 Å². The number of aromatic nitrogens is 2. The van der Waals surface area contributed by atoms with E-state index in [0.29, 0.717) is 23.7 Å². The van der Waals surface area contributed by atoms with E-state index in [1.165, 1.54) is 4.90 Å². The molecule has 1 fully saturated rings. The Morgan fingerprint density at radius 2 is 2.03 bits per heavy atom. The van der Waals surface area contributed by atoms with Crippen molar-refractivity contribution in [2.75, 3.05) is 39.4 Å². The molecule has 7 nitrogen and oxygen atoms in total. The molecule has 30 heavy (non-hydrogen) atoms. The fourth-order valence-corrected chi connectivity index (χ4v) is 3.76. The van der Waals surface area contributed by atoms with Crippen molar-refractivity contribution in [1.82, 2.24) is 15.1 Å². The summed E-state index contributed by atoms with van der Waals surface area (Å²) in [5.41, 5.74) is 4.22. The van der Waals surface area contributed by atoms with Crippen LogP contribution >= 0.6 is 0 Å². The predicted molar refractivity (Wildman–Crippen MR) is 114 cm³/mol. The van der Waals surface area contributed by atoms with Gasteiger partial charge in [-0.05, 0) is 43.2 Å². The van der Waals surface area contributed by atoms with Gasteiger partial charge in [0.2, 0.25) is 0 Å². The molecule has 158 valence electrons. The maximum atomic E-state index is 13.0. The highest BCUT2D eigenvalue weighted by molar-refractivity contribution is 5.94. The van der Waals surface area contributed by atoms with Crippen LogP contribution in [0.1, 0.15) is 28.0 Å². The van der Waals surface area contributed by atoms with Gasteiger partial charge in [-0.15, -0.1) is 0 Å². The van der Waals surface area contributed by atoms with Gasteiger partial charge in [-0.2, -0.15) is 5.10 Å². The number of carbonyl (C=O) groups excluding carboxylic acids is 1. The van der Waals surface area contributed by atoms with E-state index in [9.17, 15) is 4.79 Å². The lowest BCUT2D eigenvalue weighted by Gasteiger charge is -2.23. The average molecular weight is 410 g/mol. The molecule has 0 unspecified atom stereocenters. The van der Waals surface area contributed by atoms with Gasteiger partial charge < -0.3 is 19.4 Å². The molecule has 0 atom stereocenters. The van der Waals surface area contributed by atoms with Gasteiger partial charge >= 0.3 is 0 Å². The first-order valence-corrected chi connectivity index (χ1v) is 10.5. The van der Waals surface area contributed by atoms with E-state index >= 15 is 0 Å². The van der Waals surface area contributed by atoms with Gasteiger partial charge in [-0.1, -0.05) is 12.1 Å². The van der Waals surface area contributed by atoms with Gasteiger partial charge in [0.15, 0.2) is 5.76 Å². The van der Waals surface area contributed by atoms with E-state index in [2.05, 4.69) is 11.4 Å². The quantitative estimate of drug-likeness (QED) is 0.584. The summed E-state index contributed by atoms with van der Waals surface area (Å²) in [6.45, 7) is 9.47. The lowest BCUT2D eigenvalue weighted by atomic mass is 10.1. The van der Waals surface area contributed by atoms with Gasteiger partial charge in [-0.25, -0.2) is 4.68 Å². The number of aryl methyl sites for hydroxylation is 2. The minimum Gasteiger partial charge on any atom is -0.463 e. The summed E-state index contributed by atoms with van der Waals surface area (Å²) in [4.78, 5) is 14.6. The van der Waals surface area contributed by atoms with Gasteiger partial charge in [0.1, 0.15) is 24.5 Å². The molecule has 1 aliphatic heterocycles. The molecule has 1 saturated heterocycles. The molecular formula is C23H29N4O3+. The third-order valence-electron chi connectivity index (χ3n) is 5.50. The van der Waals surface area contributed by atoms with Crippen LogP contribution in [-0.2, 0) is 4.74 Å². The molecule has 2 aromatic heterocycles. The molecule has 1 aliphatic rings. The number of amides is 1. The summed E-state index contributed by atoms with van der Waals surface area (Å²) in [5.74, 6) is 0.516. The number of rotatable bonds is 7. The van der Waals surface area contributed by atoms with Crippen molar-refractivity contribution in [2.45, 2.75) is 20.3 Å². The predicted octanol–water partition coefficient (Wildman–Crippen LogP) is 1.78. The number of quaternary nitrogens is 1. The highest BCUT2D eigenvalue weighted by Gasteiger charge is 2.20. The standard InChI is InChI=1S/C23H28N4O3/c1-17-6-7-18(2)20(15-17)27-21(16-19(25-27)22-5-3-12-30-22)23(28)24-8-4-9-26-10-13-29-14-11-26/h3,5-7,12,15-16H,4,8-11,13-14H2,1-2H3,(H,24,28)/p+1. The highest BCUT2D eigenvalue weighted by atomic mass is 16.5. The molecule has 0 spiro atoms. The van der Waals surface area contributed by atoms with Crippen LogP contribution in [0.5, 0.6) is 0 Å². The van der Waals surface area contributed by atoms with Crippen molar-refractivity contribution < 1.29 is 18.8 Å². The van der Waals surface area contributed by atoms with E-state index in [4.69, 9.17) is 14.3 Å². The highest BCUT2D eigenvalue weighted by Crippen LogP contribution is 2.24. The van der Waals surface area contributed by atoms with Crippen molar-refractivity contribution in [1.29, 1.82) is 0 Å². The number of benzene rings is 1. The van der Waals surface area contributed by atoms with Gasteiger partial charge in [0.25, 0.3) is 5.91 Å². The molecule has 3 heterocycles. The van der Waals surface area contributed by atoms with Gasteiger partial charge in [0.05, 0.1) is 31.7 Å². The molecule has 0 aliphatic carbocycles. The van der Waals surface area contributed by atoms with Gasteiger partial charge in [0, 0.05) is 19.0 Å². The number of morpholine rings is 1. The zero-order chi connectivity index (χ0) is 20.9. The number of carbonyl (C=O) groups is 1.